The number of hydrogen-bond donors (Lipinski definition) is 5. The number of carbonyl (C=O) groups is 1. The fourth-order valence-electron chi connectivity index (χ4n) is 1.80. The molecule has 0 unspecified atom stereocenters. The second kappa shape index (κ2) is 5.24. The Bertz CT molecular complexity index is 648. The molecule has 0 bridgehead atoms. The Hall–Kier alpha value is -2.51. The zero-order chi connectivity index (χ0) is 14.9. The van der Waals surface area contributed by atoms with E-state index >= 15 is 0 Å². The van der Waals surface area contributed by atoms with Crippen molar-refractivity contribution in [2.24, 2.45) is 0 Å². The molecule has 2 aromatic rings. The molecular weight excluding hydrogens is 263 g/mol. The first-order chi connectivity index (χ1) is 9.41. The molecule has 0 spiro atoms. The van der Waals surface area contributed by atoms with Gasteiger partial charge >= 0.3 is 7.12 Å². The van der Waals surface area contributed by atoms with Gasteiger partial charge in [0.1, 0.15) is 22.8 Å². The summed E-state index contributed by atoms with van der Waals surface area (Å²) in [6, 6.07) is 7.28. The van der Waals surface area contributed by atoms with Crippen LogP contribution in [0.1, 0.15) is 15.9 Å². The van der Waals surface area contributed by atoms with Gasteiger partial charge in [0, 0.05) is 0 Å². The molecule has 0 saturated heterocycles. The number of carbonyl (C=O) groups excluding carboxylic acids is 1. The highest BCUT2D eigenvalue weighted by atomic mass is 16.4. The van der Waals surface area contributed by atoms with Crippen LogP contribution in [0, 0.1) is 0 Å². The molecule has 0 aromatic heterocycles. The van der Waals surface area contributed by atoms with Gasteiger partial charge in [-0.25, -0.2) is 0 Å². The molecule has 0 heterocycles. The lowest BCUT2D eigenvalue weighted by Crippen LogP contribution is -2.29. The van der Waals surface area contributed by atoms with Gasteiger partial charge in [-0.05, 0) is 29.7 Å². The minimum Gasteiger partial charge on any atom is -0.507 e. The van der Waals surface area contributed by atoms with E-state index in [-0.39, 0.29) is 16.6 Å². The lowest BCUT2D eigenvalue weighted by Gasteiger charge is -2.09. The zero-order valence-corrected chi connectivity index (χ0v) is 10.2. The summed E-state index contributed by atoms with van der Waals surface area (Å²) in [5.74, 6) is -2.10. The summed E-state index contributed by atoms with van der Waals surface area (Å²) in [7, 11) is -1.77. The highest BCUT2D eigenvalue weighted by Crippen LogP contribution is 2.30. The Labute approximate surface area is 114 Å². The van der Waals surface area contributed by atoms with Crippen molar-refractivity contribution in [3.63, 3.8) is 0 Å². The summed E-state index contributed by atoms with van der Waals surface area (Å²) >= 11 is 0. The largest absolute Gasteiger partial charge is 0.507 e. The Morgan fingerprint density at radius 2 is 1.50 bits per heavy atom. The van der Waals surface area contributed by atoms with Gasteiger partial charge in [-0.3, -0.25) is 4.79 Å². The van der Waals surface area contributed by atoms with Crippen LogP contribution in [0.5, 0.6) is 17.2 Å². The van der Waals surface area contributed by atoms with Crippen molar-refractivity contribution in [1.29, 1.82) is 0 Å². The normalized spacial score (nSPS) is 10.3. The van der Waals surface area contributed by atoms with E-state index in [2.05, 4.69) is 0 Å². The smallest absolute Gasteiger partial charge is 0.488 e. The van der Waals surface area contributed by atoms with Crippen LogP contribution in [0.2, 0.25) is 0 Å². The van der Waals surface area contributed by atoms with E-state index in [0.29, 0.717) is 0 Å². The number of phenolic OH excluding ortho intramolecular Hbond substituents is 3. The second-order valence-electron chi connectivity index (χ2n) is 4.15. The van der Waals surface area contributed by atoms with Crippen LogP contribution in [-0.4, -0.2) is 38.3 Å². The molecule has 0 amide bonds. The monoisotopic (exact) mass is 274 g/mol. The predicted octanol–water partition coefficient (Wildman–Crippen LogP) is -0.286. The molecule has 0 saturated carbocycles. The maximum absolute atomic E-state index is 12.2. The van der Waals surface area contributed by atoms with Crippen molar-refractivity contribution in [1.82, 2.24) is 0 Å². The molecule has 7 heteroatoms. The van der Waals surface area contributed by atoms with Crippen molar-refractivity contribution >= 4 is 18.4 Å². The number of aromatic hydroxyl groups is 3. The summed E-state index contributed by atoms with van der Waals surface area (Å²) in [6.07, 6.45) is 0. The maximum atomic E-state index is 12.2. The summed E-state index contributed by atoms with van der Waals surface area (Å²) in [5, 5.41) is 46.9. The number of ketones is 1. The Morgan fingerprint density at radius 1 is 0.900 bits per heavy atom. The number of phenols is 3. The standard InChI is InChI=1S/C13H11BO6/c15-9-2-1-3-10(16)12(9)13(18)8-5-4-7(14(19)20)6-11(8)17/h1-6,15-17,19-20H. The fraction of sp³-hybridized carbons (Fsp3) is 0. The van der Waals surface area contributed by atoms with Gasteiger partial charge in [-0.2, -0.15) is 0 Å². The van der Waals surface area contributed by atoms with Crippen LogP contribution in [-0.2, 0) is 0 Å². The quantitative estimate of drug-likeness (QED) is 0.388. The summed E-state index contributed by atoms with van der Waals surface area (Å²) in [5.41, 5.74) is -0.494. The molecule has 5 N–H and O–H groups in total. The van der Waals surface area contributed by atoms with E-state index in [1.807, 2.05) is 0 Å². The van der Waals surface area contributed by atoms with Gasteiger partial charge < -0.3 is 25.4 Å². The topological polar surface area (TPSA) is 118 Å². The van der Waals surface area contributed by atoms with Crippen LogP contribution in [0.25, 0.3) is 0 Å². The molecule has 0 radical (unpaired) electrons. The number of hydrogen-bond acceptors (Lipinski definition) is 6. The van der Waals surface area contributed by atoms with Crippen molar-refractivity contribution in [2.45, 2.75) is 0 Å². The fourth-order valence-corrected chi connectivity index (χ4v) is 1.80. The Morgan fingerprint density at radius 3 is 2.00 bits per heavy atom. The first-order valence-electron chi connectivity index (χ1n) is 5.66. The third-order valence-corrected chi connectivity index (χ3v) is 2.81. The molecule has 0 aliphatic carbocycles. The lowest BCUT2D eigenvalue weighted by molar-refractivity contribution is 0.103. The molecule has 0 aliphatic heterocycles. The zero-order valence-electron chi connectivity index (χ0n) is 10.2. The predicted molar refractivity (Wildman–Crippen MR) is 71.1 cm³/mol. The van der Waals surface area contributed by atoms with E-state index in [0.717, 1.165) is 6.07 Å². The number of rotatable bonds is 3. The van der Waals surface area contributed by atoms with Gasteiger partial charge in [0.2, 0.25) is 5.78 Å². The second-order valence-corrected chi connectivity index (χ2v) is 4.15. The SMILES string of the molecule is O=C(c1ccc(B(O)O)cc1O)c1c(O)cccc1O. The molecular formula is C13H11BO6. The lowest BCUT2D eigenvalue weighted by atomic mass is 9.79. The van der Waals surface area contributed by atoms with Crippen molar-refractivity contribution in [3.05, 3.63) is 47.5 Å². The van der Waals surface area contributed by atoms with Crippen molar-refractivity contribution < 1.29 is 30.2 Å². The molecule has 0 fully saturated rings. The van der Waals surface area contributed by atoms with Crippen LogP contribution < -0.4 is 5.46 Å². The van der Waals surface area contributed by atoms with Crippen molar-refractivity contribution in [3.8, 4) is 17.2 Å². The highest BCUT2D eigenvalue weighted by Gasteiger charge is 2.22. The van der Waals surface area contributed by atoms with Gasteiger partial charge in [0.15, 0.2) is 0 Å². The van der Waals surface area contributed by atoms with Crippen LogP contribution in [0.4, 0.5) is 0 Å². The molecule has 0 aliphatic rings. The first kappa shape index (κ1) is 13.9. The Kier molecular flexibility index (Phi) is 3.65. The van der Waals surface area contributed by atoms with Crippen molar-refractivity contribution in [2.75, 3.05) is 0 Å². The number of benzene rings is 2. The third-order valence-electron chi connectivity index (χ3n) is 2.81. The minimum atomic E-state index is -1.77. The van der Waals surface area contributed by atoms with Gasteiger partial charge in [0.25, 0.3) is 0 Å². The molecule has 102 valence electrons. The molecule has 0 atom stereocenters. The van der Waals surface area contributed by atoms with Crippen LogP contribution >= 0.6 is 0 Å². The van der Waals surface area contributed by atoms with E-state index in [9.17, 15) is 20.1 Å². The third kappa shape index (κ3) is 2.44. The maximum Gasteiger partial charge on any atom is 0.488 e. The summed E-state index contributed by atoms with van der Waals surface area (Å²) < 4.78 is 0. The molecule has 2 rings (SSSR count). The first-order valence-corrected chi connectivity index (χ1v) is 5.66. The molecule has 2 aromatic carbocycles. The molecule has 6 nitrogen and oxygen atoms in total. The van der Waals surface area contributed by atoms with Crippen LogP contribution in [0.15, 0.2) is 36.4 Å². The van der Waals surface area contributed by atoms with Gasteiger partial charge in [0.05, 0.1) is 5.56 Å². The van der Waals surface area contributed by atoms with Gasteiger partial charge in [-0.15, -0.1) is 0 Å². The average molecular weight is 274 g/mol. The average Bonchev–Trinajstić information content (AvgIpc) is 2.38. The summed E-state index contributed by atoms with van der Waals surface area (Å²) in [4.78, 5) is 12.2. The van der Waals surface area contributed by atoms with E-state index < -0.39 is 30.2 Å². The van der Waals surface area contributed by atoms with E-state index in [1.165, 1.54) is 30.3 Å². The van der Waals surface area contributed by atoms with E-state index in [4.69, 9.17) is 10.0 Å². The molecule has 20 heavy (non-hydrogen) atoms. The van der Waals surface area contributed by atoms with Gasteiger partial charge in [-0.1, -0.05) is 12.1 Å². The summed E-state index contributed by atoms with van der Waals surface area (Å²) in [6.45, 7) is 0. The Balaban J connectivity index is 2.49. The van der Waals surface area contributed by atoms with E-state index in [1.54, 1.807) is 0 Å². The van der Waals surface area contributed by atoms with Crippen LogP contribution in [0.3, 0.4) is 0 Å². The minimum absolute atomic E-state index is 0.0144. The highest BCUT2D eigenvalue weighted by molar-refractivity contribution is 6.58.